The molecular formula is C18H16F3N5O2S. The van der Waals surface area contributed by atoms with Gasteiger partial charge >= 0.3 is 6.18 Å². The first-order chi connectivity index (χ1) is 13.7. The van der Waals surface area contributed by atoms with Crippen molar-refractivity contribution >= 4 is 23.4 Å². The van der Waals surface area contributed by atoms with Crippen molar-refractivity contribution in [1.29, 1.82) is 0 Å². The Morgan fingerprint density at radius 3 is 2.52 bits per heavy atom. The monoisotopic (exact) mass is 423 g/mol. The van der Waals surface area contributed by atoms with E-state index in [1.165, 1.54) is 0 Å². The molecule has 0 radical (unpaired) electrons. The van der Waals surface area contributed by atoms with E-state index in [1.54, 1.807) is 24.3 Å². The smallest absolute Gasteiger partial charge is 0.453 e. The maximum absolute atomic E-state index is 12.6. The Morgan fingerprint density at radius 1 is 1.17 bits per heavy atom. The summed E-state index contributed by atoms with van der Waals surface area (Å²) in [6.07, 6.45) is -4.72. The molecule has 152 valence electrons. The van der Waals surface area contributed by atoms with Gasteiger partial charge in [0.05, 0.1) is 5.75 Å². The van der Waals surface area contributed by atoms with Crippen LogP contribution >= 0.6 is 11.8 Å². The van der Waals surface area contributed by atoms with Gasteiger partial charge in [-0.15, -0.1) is 10.2 Å². The lowest BCUT2D eigenvalue weighted by Crippen LogP contribution is -2.22. The average molecular weight is 423 g/mol. The van der Waals surface area contributed by atoms with Crippen molar-refractivity contribution in [2.45, 2.75) is 18.3 Å². The zero-order chi connectivity index (χ0) is 21.0. The molecule has 29 heavy (non-hydrogen) atoms. The minimum atomic E-state index is -4.72. The first kappa shape index (κ1) is 20.5. The molecule has 0 fully saturated rings. The number of amides is 1. The van der Waals surface area contributed by atoms with E-state index < -0.39 is 17.9 Å². The molecule has 11 heteroatoms. The molecule has 0 bridgehead atoms. The van der Waals surface area contributed by atoms with Gasteiger partial charge in [-0.2, -0.15) is 13.2 Å². The third-order valence-electron chi connectivity index (χ3n) is 3.61. The summed E-state index contributed by atoms with van der Waals surface area (Å²) in [7, 11) is 0. The molecular weight excluding hydrogens is 407 g/mol. The lowest BCUT2D eigenvalue weighted by atomic mass is 10.2. The summed E-state index contributed by atoms with van der Waals surface area (Å²) in [5.41, 5.74) is 1.58. The van der Waals surface area contributed by atoms with Gasteiger partial charge in [-0.05, 0) is 48.9 Å². The number of nitrogens with zero attached hydrogens (tertiary/aromatic N) is 3. The van der Waals surface area contributed by atoms with Gasteiger partial charge in [0.15, 0.2) is 0 Å². The number of benzene rings is 2. The van der Waals surface area contributed by atoms with Gasteiger partial charge in [0.25, 0.3) is 5.82 Å². The van der Waals surface area contributed by atoms with Crippen molar-refractivity contribution in [3.8, 4) is 11.5 Å². The second-order valence-corrected chi connectivity index (χ2v) is 6.90. The predicted octanol–water partition coefficient (Wildman–Crippen LogP) is 3.84. The molecule has 7 nitrogen and oxygen atoms in total. The summed E-state index contributed by atoms with van der Waals surface area (Å²) in [6.45, 7) is 1.96. The van der Waals surface area contributed by atoms with Gasteiger partial charge < -0.3 is 15.9 Å². The van der Waals surface area contributed by atoms with E-state index in [4.69, 9.17) is 10.6 Å². The number of carbonyl (C=O) groups is 1. The van der Waals surface area contributed by atoms with Crippen molar-refractivity contribution < 1.29 is 22.7 Å². The molecule has 0 aliphatic rings. The third-order valence-corrected chi connectivity index (χ3v) is 4.56. The molecule has 1 heterocycles. The molecule has 1 aromatic heterocycles. The minimum Gasteiger partial charge on any atom is -0.457 e. The third kappa shape index (κ3) is 5.41. The van der Waals surface area contributed by atoms with Crippen LogP contribution in [0.25, 0.3) is 0 Å². The first-order valence-electron chi connectivity index (χ1n) is 8.27. The van der Waals surface area contributed by atoms with Gasteiger partial charge in [0, 0.05) is 5.69 Å². The fourth-order valence-electron chi connectivity index (χ4n) is 2.32. The number of hydrogen-bond acceptors (Lipinski definition) is 6. The van der Waals surface area contributed by atoms with Gasteiger partial charge in [0.2, 0.25) is 11.1 Å². The van der Waals surface area contributed by atoms with Crippen LogP contribution in [0, 0.1) is 6.92 Å². The van der Waals surface area contributed by atoms with E-state index in [9.17, 15) is 18.0 Å². The summed E-state index contributed by atoms with van der Waals surface area (Å²) in [6, 6.07) is 14.3. The number of ether oxygens (including phenoxy) is 1. The maximum Gasteiger partial charge on any atom is 0.453 e. The molecule has 0 aliphatic carbocycles. The minimum absolute atomic E-state index is 0.186. The topological polar surface area (TPSA) is 95.1 Å². The zero-order valence-corrected chi connectivity index (χ0v) is 15.9. The van der Waals surface area contributed by atoms with Crippen molar-refractivity contribution in [2.24, 2.45) is 0 Å². The Labute approximate surface area is 168 Å². The van der Waals surface area contributed by atoms with E-state index in [2.05, 4.69) is 15.5 Å². The highest BCUT2D eigenvalue weighted by Crippen LogP contribution is 2.29. The standard InChI is InChI=1S/C18H16F3N5O2S/c1-11-3-2-4-14(9-11)28-13-7-5-12(6-8-13)23-15(27)10-29-17-25-24-16(26(17)22)18(19,20)21/h2-9H,10,22H2,1H3,(H,23,27). The fraction of sp³-hybridized carbons (Fsp3) is 0.167. The van der Waals surface area contributed by atoms with Crippen LogP contribution < -0.4 is 15.9 Å². The predicted molar refractivity (Wildman–Crippen MR) is 102 cm³/mol. The van der Waals surface area contributed by atoms with E-state index in [0.717, 1.165) is 17.3 Å². The summed E-state index contributed by atoms with van der Waals surface area (Å²) in [5, 5.41) is 8.77. The zero-order valence-electron chi connectivity index (χ0n) is 15.1. The van der Waals surface area contributed by atoms with Gasteiger partial charge in [-0.25, -0.2) is 4.68 Å². The maximum atomic E-state index is 12.6. The number of alkyl halides is 3. The molecule has 0 unspecified atom stereocenters. The number of anilines is 1. The summed E-state index contributed by atoms with van der Waals surface area (Å²) in [5.74, 6) is 4.67. The Bertz CT molecular complexity index is 1010. The number of nitrogens with two attached hydrogens (primary N) is 1. The molecule has 0 aliphatic heterocycles. The highest BCUT2D eigenvalue weighted by molar-refractivity contribution is 7.99. The molecule has 1 amide bonds. The highest BCUT2D eigenvalue weighted by Gasteiger charge is 2.38. The number of nitrogens with one attached hydrogen (secondary N) is 1. The van der Waals surface area contributed by atoms with Crippen LogP contribution in [-0.2, 0) is 11.0 Å². The number of thioether (sulfide) groups is 1. The second-order valence-electron chi connectivity index (χ2n) is 5.95. The second kappa shape index (κ2) is 8.43. The number of carbonyl (C=O) groups excluding carboxylic acids is 1. The molecule has 0 spiro atoms. The van der Waals surface area contributed by atoms with Crippen LogP contribution in [0.2, 0.25) is 0 Å². The van der Waals surface area contributed by atoms with E-state index >= 15 is 0 Å². The van der Waals surface area contributed by atoms with Gasteiger partial charge in [-0.3, -0.25) is 4.79 Å². The van der Waals surface area contributed by atoms with Crippen LogP contribution in [0.5, 0.6) is 11.5 Å². The Kier molecular flexibility index (Phi) is 5.97. The average Bonchev–Trinajstić information content (AvgIpc) is 3.03. The molecule has 0 atom stereocenters. The number of rotatable bonds is 6. The van der Waals surface area contributed by atoms with Crippen LogP contribution in [-0.4, -0.2) is 26.5 Å². The normalized spacial score (nSPS) is 11.3. The number of aryl methyl sites for hydroxylation is 1. The van der Waals surface area contributed by atoms with Crippen LogP contribution in [0.4, 0.5) is 18.9 Å². The SMILES string of the molecule is Cc1cccc(Oc2ccc(NC(=O)CSc3nnc(C(F)(F)F)n3N)cc2)c1. The van der Waals surface area contributed by atoms with Gasteiger partial charge in [0.1, 0.15) is 11.5 Å². The quantitative estimate of drug-likeness (QED) is 0.462. The van der Waals surface area contributed by atoms with E-state index in [-0.39, 0.29) is 10.9 Å². The van der Waals surface area contributed by atoms with E-state index in [1.807, 2.05) is 31.2 Å². The fourth-order valence-corrected chi connectivity index (χ4v) is 2.97. The summed E-state index contributed by atoms with van der Waals surface area (Å²) in [4.78, 5) is 12.0. The summed E-state index contributed by atoms with van der Waals surface area (Å²) >= 11 is 0.745. The number of hydrogen-bond donors (Lipinski definition) is 2. The number of halogens is 3. The Morgan fingerprint density at radius 2 is 1.90 bits per heavy atom. The van der Waals surface area contributed by atoms with Crippen LogP contribution in [0.15, 0.2) is 53.7 Å². The number of aromatic nitrogens is 3. The summed E-state index contributed by atoms with van der Waals surface area (Å²) < 4.78 is 44.0. The molecule has 3 rings (SSSR count). The van der Waals surface area contributed by atoms with Crippen LogP contribution in [0.1, 0.15) is 11.4 Å². The lowest BCUT2D eigenvalue weighted by Gasteiger charge is -2.09. The molecule has 3 aromatic rings. The van der Waals surface area contributed by atoms with Crippen LogP contribution in [0.3, 0.4) is 0 Å². The van der Waals surface area contributed by atoms with Crippen molar-refractivity contribution in [3.05, 3.63) is 59.9 Å². The van der Waals surface area contributed by atoms with Gasteiger partial charge in [-0.1, -0.05) is 23.9 Å². The molecule has 0 saturated carbocycles. The highest BCUT2D eigenvalue weighted by atomic mass is 32.2. The Balaban J connectivity index is 1.54. The molecule has 0 saturated heterocycles. The Hall–Kier alpha value is -3.21. The van der Waals surface area contributed by atoms with Crippen molar-refractivity contribution in [1.82, 2.24) is 14.9 Å². The first-order valence-corrected chi connectivity index (χ1v) is 9.26. The van der Waals surface area contributed by atoms with Crippen molar-refractivity contribution in [3.63, 3.8) is 0 Å². The lowest BCUT2D eigenvalue weighted by molar-refractivity contribution is -0.146. The molecule has 3 N–H and O–H groups in total. The number of nitrogen functional groups attached to an aromatic ring is 1. The van der Waals surface area contributed by atoms with Crippen molar-refractivity contribution in [2.75, 3.05) is 16.9 Å². The molecule has 2 aromatic carbocycles. The largest absolute Gasteiger partial charge is 0.457 e. The van der Waals surface area contributed by atoms with E-state index in [0.29, 0.717) is 21.9 Å².